The van der Waals surface area contributed by atoms with Crippen LogP contribution < -0.4 is 5.32 Å². The molecular formula is C21H19BrClN3O3. The fraction of sp³-hybridized carbons (Fsp3) is 0.190. The van der Waals surface area contributed by atoms with Crippen LogP contribution in [0.15, 0.2) is 65.4 Å². The van der Waals surface area contributed by atoms with Crippen LogP contribution in [-0.2, 0) is 16.1 Å². The van der Waals surface area contributed by atoms with Crippen LogP contribution in [0.5, 0.6) is 0 Å². The van der Waals surface area contributed by atoms with Crippen LogP contribution in [0.25, 0.3) is 0 Å². The topological polar surface area (TPSA) is 73.2 Å². The lowest BCUT2D eigenvalue weighted by molar-refractivity contribution is -0.141. The zero-order valence-electron chi connectivity index (χ0n) is 15.6. The summed E-state index contributed by atoms with van der Waals surface area (Å²) >= 11 is 9.57. The number of nitrogens with zero attached hydrogens (tertiary/aromatic N) is 2. The van der Waals surface area contributed by atoms with Gasteiger partial charge in [0.25, 0.3) is 5.91 Å². The number of esters is 1. The summed E-state index contributed by atoms with van der Waals surface area (Å²) in [5.41, 5.74) is 2.10. The maximum absolute atomic E-state index is 12.7. The van der Waals surface area contributed by atoms with Gasteiger partial charge in [0.1, 0.15) is 0 Å². The summed E-state index contributed by atoms with van der Waals surface area (Å²) in [6.07, 6.45) is 3.16. The Morgan fingerprint density at radius 1 is 1.21 bits per heavy atom. The fourth-order valence-electron chi connectivity index (χ4n) is 2.81. The minimum absolute atomic E-state index is 0.0254. The molecule has 1 heterocycles. The van der Waals surface area contributed by atoms with Gasteiger partial charge in [0.05, 0.1) is 37.9 Å². The normalized spacial score (nSPS) is 11.7. The smallest absolute Gasteiger partial charge is 0.307 e. The average Bonchev–Trinajstić information content (AvgIpc) is 3.18. The average molecular weight is 477 g/mol. The number of hydrogen-bond acceptors (Lipinski definition) is 4. The molecule has 0 saturated carbocycles. The Labute approximate surface area is 181 Å². The molecule has 150 valence electrons. The number of rotatable bonds is 7. The maximum atomic E-state index is 12.7. The van der Waals surface area contributed by atoms with Crippen molar-refractivity contribution >= 4 is 39.4 Å². The minimum Gasteiger partial charge on any atom is -0.469 e. The van der Waals surface area contributed by atoms with Gasteiger partial charge in [0.2, 0.25) is 0 Å². The van der Waals surface area contributed by atoms with Crippen molar-refractivity contribution in [2.24, 2.45) is 0 Å². The van der Waals surface area contributed by atoms with E-state index >= 15 is 0 Å². The molecule has 0 radical (unpaired) electrons. The first-order valence-corrected chi connectivity index (χ1v) is 10.0. The Bertz CT molecular complexity index is 1000. The predicted molar refractivity (Wildman–Crippen MR) is 114 cm³/mol. The summed E-state index contributed by atoms with van der Waals surface area (Å²) in [6.45, 7) is 0.450. The number of methoxy groups -OCH3 is 1. The Balaban J connectivity index is 1.74. The lowest BCUT2D eigenvalue weighted by atomic mass is 10.0. The highest BCUT2D eigenvalue weighted by atomic mass is 79.9. The second kappa shape index (κ2) is 9.71. The van der Waals surface area contributed by atoms with E-state index in [-0.39, 0.29) is 12.3 Å². The molecule has 1 atom stereocenters. The third-order valence-electron chi connectivity index (χ3n) is 4.36. The molecule has 1 N–H and O–H groups in total. The lowest BCUT2D eigenvalue weighted by Gasteiger charge is -2.18. The Hall–Kier alpha value is -2.64. The molecule has 6 nitrogen and oxygen atoms in total. The number of halogens is 2. The van der Waals surface area contributed by atoms with E-state index in [1.54, 1.807) is 10.9 Å². The molecule has 0 saturated heterocycles. The largest absolute Gasteiger partial charge is 0.469 e. The number of carbonyl (C=O) groups is 2. The van der Waals surface area contributed by atoms with Gasteiger partial charge >= 0.3 is 5.97 Å². The first-order chi connectivity index (χ1) is 14.0. The van der Waals surface area contributed by atoms with E-state index in [1.165, 1.54) is 13.3 Å². The van der Waals surface area contributed by atoms with Crippen molar-refractivity contribution < 1.29 is 14.3 Å². The first kappa shape index (κ1) is 21.1. The van der Waals surface area contributed by atoms with Gasteiger partial charge in [-0.1, -0.05) is 57.9 Å². The monoisotopic (exact) mass is 475 g/mol. The van der Waals surface area contributed by atoms with Gasteiger partial charge in [0, 0.05) is 15.7 Å². The summed E-state index contributed by atoms with van der Waals surface area (Å²) < 4.78 is 7.32. The van der Waals surface area contributed by atoms with Gasteiger partial charge in [-0.3, -0.25) is 14.3 Å². The van der Waals surface area contributed by atoms with E-state index < -0.39 is 12.0 Å². The van der Waals surface area contributed by atoms with Crippen LogP contribution in [-0.4, -0.2) is 28.8 Å². The van der Waals surface area contributed by atoms with Crippen LogP contribution in [0.1, 0.15) is 33.9 Å². The second-order valence-corrected chi connectivity index (χ2v) is 7.70. The van der Waals surface area contributed by atoms with Gasteiger partial charge < -0.3 is 10.1 Å². The predicted octanol–water partition coefficient (Wildman–Crippen LogP) is 4.38. The van der Waals surface area contributed by atoms with Crippen LogP contribution in [0.2, 0.25) is 5.02 Å². The lowest BCUT2D eigenvalue weighted by Crippen LogP contribution is -2.30. The Kier molecular flexibility index (Phi) is 7.06. The van der Waals surface area contributed by atoms with E-state index in [0.29, 0.717) is 17.1 Å². The third kappa shape index (κ3) is 5.68. The second-order valence-electron chi connectivity index (χ2n) is 6.38. The molecule has 0 aliphatic rings. The summed E-state index contributed by atoms with van der Waals surface area (Å²) in [7, 11) is 1.32. The zero-order chi connectivity index (χ0) is 20.8. The van der Waals surface area contributed by atoms with E-state index in [9.17, 15) is 9.59 Å². The van der Waals surface area contributed by atoms with E-state index in [0.717, 1.165) is 15.6 Å². The summed E-state index contributed by atoms with van der Waals surface area (Å²) in [6, 6.07) is 14.4. The first-order valence-electron chi connectivity index (χ1n) is 8.85. The van der Waals surface area contributed by atoms with Crippen molar-refractivity contribution in [1.29, 1.82) is 0 Å². The number of amides is 1. The SMILES string of the molecule is COC(=O)CC(NC(=O)c1cnn(Cc2ccccc2Cl)c1)c1ccc(Br)cc1. The van der Waals surface area contributed by atoms with Gasteiger partial charge in [-0.2, -0.15) is 5.10 Å². The highest BCUT2D eigenvalue weighted by Gasteiger charge is 2.20. The third-order valence-corrected chi connectivity index (χ3v) is 5.26. The van der Waals surface area contributed by atoms with Gasteiger partial charge in [-0.25, -0.2) is 0 Å². The number of hydrogen-bond donors (Lipinski definition) is 1. The van der Waals surface area contributed by atoms with Crippen molar-refractivity contribution in [1.82, 2.24) is 15.1 Å². The van der Waals surface area contributed by atoms with Crippen molar-refractivity contribution in [3.63, 3.8) is 0 Å². The van der Waals surface area contributed by atoms with Gasteiger partial charge in [0.15, 0.2) is 0 Å². The standard InChI is InChI=1S/C21H19BrClN3O3/c1-29-20(27)10-19(14-6-8-17(22)9-7-14)25-21(28)16-11-24-26(13-16)12-15-4-2-3-5-18(15)23/h2-9,11,13,19H,10,12H2,1H3,(H,25,28). The number of benzene rings is 2. The molecule has 0 spiro atoms. The molecule has 0 aliphatic heterocycles. The molecule has 0 fully saturated rings. The molecule has 29 heavy (non-hydrogen) atoms. The molecular weight excluding hydrogens is 458 g/mol. The summed E-state index contributed by atoms with van der Waals surface area (Å²) in [4.78, 5) is 24.6. The van der Waals surface area contributed by atoms with E-state index in [1.807, 2.05) is 48.5 Å². The maximum Gasteiger partial charge on any atom is 0.307 e. The number of aromatic nitrogens is 2. The molecule has 3 aromatic rings. The molecule has 3 rings (SSSR count). The number of ether oxygens (including phenoxy) is 1. The van der Waals surface area contributed by atoms with Crippen LogP contribution in [0.3, 0.4) is 0 Å². The van der Waals surface area contributed by atoms with Crippen LogP contribution >= 0.6 is 27.5 Å². The van der Waals surface area contributed by atoms with Crippen molar-refractivity contribution in [3.8, 4) is 0 Å². The molecule has 1 aromatic heterocycles. The summed E-state index contributed by atoms with van der Waals surface area (Å²) in [5.74, 6) is -0.736. The zero-order valence-corrected chi connectivity index (χ0v) is 18.0. The van der Waals surface area contributed by atoms with Crippen molar-refractivity contribution in [3.05, 3.63) is 87.1 Å². The van der Waals surface area contributed by atoms with Gasteiger partial charge in [-0.05, 0) is 29.3 Å². The molecule has 1 unspecified atom stereocenters. The van der Waals surface area contributed by atoms with Gasteiger partial charge in [-0.15, -0.1) is 0 Å². The van der Waals surface area contributed by atoms with Crippen molar-refractivity contribution in [2.45, 2.75) is 19.0 Å². The van der Waals surface area contributed by atoms with Crippen molar-refractivity contribution in [2.75, 3.05) is 7.11 Å². The number of carbonyl (C=O) groups excluding carboxylic acids is 2. The molecule has 8 heteroatoms. The molecule has 1 amide bonds. The number of nitrogens with one attached hydrogen (secondary N) is 1. The fourth-order valence-corrected chi connectivity index (χ4v) is 3.27. The highest BCUT2D eigenvalue weighted by Crippen LogP contribution is 2.21. The Morgan fingerprint density at radius 3 is 2.62 bits per heavy atom. The highest BCUT2D eigenvalue weighted by molar-refractivity contribution is 9.10. The molecule has 0 bridgehead atoms. The quantitative estimate of drug-likeness (QED) is 0.514. The molecule has 0 aliphatic carbocycles. The Morgan fingerprint density at radius 2 is 1.93 bits per heavy atom. The van der Waals surface area contributed by atoms with Crippen LogP contribution in [0, 0.1) is 0 Å². The summed E-state index contributed by atoms with van der Waals surface area (Å²) in [5, 5.41) is 7.77. The minimum atomic E-state index is -0.519. The van der Waals surface area contributed by atoms with E-state index in [4.69, 9.17) is 16.3 Å². The van der Waals surface area contributed by atoms with E-state index in [2.05, 4.69) is 26.3 Å². The molecule has 2 aromatic carbocycles. The van der Waals surface area contributed by atoms with Crippen LogP contribution in [0.4, 0.5) is 0 Å².